The molecule has 2 aromatic heterocycles. The first-order chi connectivity index (χ1) is 29.9. The largest absolute Gasteiger partial charge is 0.508 e. The third-order valence-electron chi connectivity index (χ3n) is 11.0. The molecular formula is C44H44F8N4O8. The van der Waals surface area contributed by atoms with Gasteiger partial charge in [0, 0.05) is 74.3 Å². The van der Waals surface area contributed by atoms with E-state index in [-0.39, 0.29) is 110 Å². The van der Waals surface area contributed by atoms with Crippen LogP contribution in [0, 0.1) is 11.6 Å². The molecule has 344 valence electrons. The fourth-order valence-corrected chi connectivity index (χ4v) is 6.69. The summed E-state index contributed by atoms with van der Waals surface area (Å²) in [5.74, 6) is -5.70. The number of halogens is 8. The van der Waals surface area contributed by atoms with E-state index in [4.69, 9.17) is 0 Å². The summed E-state index contributed by atoms with van der Waals surface area (Å²) in [6.07, 6.45) is -8.59. The topological polar surface area (TPSA) is 199 Å². The second-order valence-electron chi connectivity index (χ2n) is 16.1. The Balaban J connectivity index is 0.000000241. The molecule has 2 fully saturated rings. The van der Waals surface area contributed by atoms with Gasteiger partial charge in [-0.1, -0.05) is 13.8 Å². The number of pyridine rings is 2. The van der Waals surface area contributed by atoms with E-state index < -0.39 is 70.3 Å². The summed E-state index contributed by atoms with van der Waals surface area (Å²) in [6, 6.07) is 9.72. The molecule has 2 aliphatic carbocycles. The highest BCUT2D eigenvalue weighted by Gasteiger charge is 2.65. The number of aromatic hydroxyl groups is 2. The van der Waals surface area contributed by atoms with E-state index in [9.17, 15) is 74.7 Å². The van der Waals surface area contributed by atoms with Crippen LogP contribution in [0.25, 0.3) is 0 Å². The number of aliphatic hydroxyl groups excluding tert-OH is 2. The molecule has 64 heavy (non-hydrogen) atoms. The number of hydrogen-bond acceptors (Lipinski definition) is 10. The minimum Gasteiger partial charge on any atom is -0.508 e. The average Bonchev–Trinajstić information content (AvgIpc) is 4.17. The fraction of sp³-hybridized carbons (Fsp3) is 0.409. The maximum Gasteiger partial charge on any atom is 0.411 e. The minimum absolute atomic E-state index is 0.0331. The molecule has 2 saturated carbocycles. The van der Waals surface area contributed by atoms with Gasteiger partial charge in [0.25, 0.3) is 11.8 Å². The predicted molar refractivity (Wildman–Crippen MR) is 211 cm³/mol. The summed E-state index contributed by atoms with van der Waals surface area (Å²) in [4.78, 5) is 56.8. The zero-order chi connectivity index (χ0) is 47.4. The molecule has 20 heteroatoms. The smallest absolute Gasteiger partial charge is 0.411 e. The number of carbonyl (C=O) groups excluding carboxylic acids is 4. The molecule has 2 amide bonds. The van der Waals surface area contributed by atoms with Gasteiger partial charge in [-0.15, -0.1) is 0 Å². The zero-order valence-corrected chi connectivity index (χ0v) is 34.3. The molecular weight excluding hydrogens is 864 g/mol. The highest BCUT2D eigenvalue weighted by molar-refractivity contribution is 5.94. The predicted octanol–water partition coefficient (Wildman–Crippen LogP) is 6.40. The van der Waals surface area contributed by atoms with Crippen LogP contribution in [0.1, 0.15) is 106 Å². The molecule has 0 spiro atoms. The van der Waals surface area contributed by atoms with Crippen LogP contribution in [0.2, 0.25) is 0 Å². The van der Waals surface area contributed by atoms with Crippen molar-refractivity contribution in [2.45, 2.75) is 100 Å². The number of hydrogen-bond donors (Lipinski definition) is 6. The quantitative estimate of drug-likeness (QED) is 0.0684. The Morgan fingerprint density at radius 1 is 0.609 bits per heavy atom. The Morgan fingerprint density at radius 3 is 1.25 bits per heavy atom. The van der Waals surface area contributed by atoms with Crippen LogP contribution < -0.4 is 10.6 Å². The summed E-state index contributed by atoms with van der Waals surface area (Å²) in [5, 5.41) is 42.4. The van der Waals surface area contributed by atoms with Crippen molar-refractivity contribution in [1.29, 1.82) is 0 Å². The highest BCUT2D eigenvalue weighted by atomic mass is 19.4. The monoisotopic (exact) mass is 908 g/mol. The van der Waals surface area contributed by atoms with E-state index in [1.165, 1.54) is 36.7 Å². The highest BCUT2D eigenvalue weighted by Crippen LogP contribution is 2.50. The van der Waals surface area contributed by atoms with Crippen molar-refractivity contribution in [2.24, 2.45) is 0 Å². The molecule has 6 N–H and O–H groups in total. The molecule has 2 aromatic carbocycles. The van der Waals surface area contributed by atoms with E-state index in [2.05, 4.69) is 9.97 Å². The van der Waals surface area contributed by atoms with Crippen LogP contribution in [-0.2, 0) is 35.3 Å². The summed E-state index contributed by atoms with van der Waals surface area (Å²) >= 11 is 0. The van der Waals surface area contributed by atoms with Gasteiger partial charge in [0.1, 0.15) is 57.2 Å². The summed E-state index contributed by atoms with van der Waals surface area (Å²) in [5.41, 5.74) is -3.91. The van der Waals surface area contributed by atoms with E-state index >= 15 is 0 Å². The molecule has 0 radical (unpaired) electrons. The Morgan fingerprint density at radius 2 is 0.953 bits per heavy atom. The van der Waals surface area contributed by atoms with Crippen molar-refractivity contribution in [3.8, 4) is 11.5 Å². The van der Waals surface area contributed by atoms with Crippen LogP contribution in [-0.4, -0.2) is 90.4 Å². The number of Topliss-reactive ketones (excluding diaryl/α,β-unsaturated/α-hetero) is 2. The fourth-order valence-electron chi connectivity index (χ4n) is 6.69. The lowest BCUT2D eigenvalue weighted by atomic mass is 9.96. The lowest BCUT2D eigenvalue weighted by molar-refractivity contribution is -0.163. The van der Waals surface area contributed by atoms with E-state index in [0.717, 1.165) is 24.3 Å². The van der Waals surface area contributed by atoms with Crippen molar-refractivity contribution in [1.82, 2.24) is 20.6 Å². The van der Waals surface area contributed by atoms with Gasteiger partial charge in [0.2, 0.25) is 0 Å². The van der Waals surface area contributed by atoms with Crippen molar-refractivity contribution < 1.29 is 74.7 Å². The molecule has 0 aliphatic heterocycles. The van der Waals surface area contributed by atoms with Gasteiger partial charge in [-0.3, -0.25) is 29.1 Å². The van der Waals surface area contributed by atoms with Crippen molar-refractivity contribution in [2.75, 3.05) is 13.2 Å². The zero-order valence-electron chi connectivity index (χ0n) is 34.3. The van der Waals surface area contributed by atoms with Crippen LogP contribution in [0.15, 0.2) is 60.9 Å². The molecule has 12 nitrogen and oxygen atoms in total. The van der Waals surface area contributed by atoms with Gasteiger partial charge in [-0.05, 0) is 96.5 Å². The number of aliphatic hydroxyl groups is 2. The number of benzene rings is 2. The Labute approximate surface area is 360 Å². The molecule has 2 heterocycles. The first kappa shape index (κ1) is 49.0. The van der Waals surface area contributed by atoms with Crippen LogP contribution in [0.4, 0.5) is 35.1 Å². The molecule has 0 unspecified atom stereocenters. The summed E-state index contributed by atoms with van der Waals surface area (Å²) < 4.78 is 107. The van der Waals surface area contributed by atoms with Gasteiger partial charge in [0.05, 0.1) is 0 Å². The third-order valence-corrected chi connectivity index (χ3v) is 11.0. The molecule has 2 aliphatic rings. The Bertz CT molecular complexity index is 2240. The first-order valence-corrected chi connectivity index (χ1v) is 19.9. The van der Waals surface area contributed by atoms with Gasteiger partial charge in [-0.2, -0.15) is 26.3 Å². The normalized spacial score (nSPS) is 15.8. The Hall–Kier alpha value is -6.02. The van der Waals surface area contributed by atoms with Crippen LogP contribution >= 0.6 is 0 Å². The number of nitrogens with one attached hydrogen (secondary N) is 2. The number of amides is 2. The standard InChI is InChI=1S/2C22H22F4N2O4/c2*1-12(11-29)16-10-17(23)14(9-19(16)31)8-15(30)6-13-2-5-27-18(7-13)20(32)28-21(3-4-21)22(24,25)26/h2*2,5,7,9-10,12,29,31H,3-4,6,8,11H2,1H3,(H,28,32)/t2*12-/m10/s1. The molecule has 0 bridgehead atoms. The lowest BCUT2D eigenvalue weighted by Gasteiger charge is -2.20. The van der Waals surface area contributed by atoms with Crippen molar-refractivity contribution in [3.63, 3.8) is 0 Å². The molecule has 4 aromatic rings. The van der Waals surface area contributed by atoms with Crippen LogP contribution in [0.3, 0.4) is 0 Å². The van der Waals surface area contributed by atoms with Gasteiger partial charge < -0.3 is 31.1 Å². The number of nitrogens with zero attached hydrogens (tertiary/aromatic N) is 2. The number of ketones is 2. The van der Waals surface area contributed by atoms with E-state index in [1.54, 1.807) is 13.8 Å². The SMILES string of the molecule is C[C@@H](CO)c1cc(F)c(CC(=O)Cc2ccnc(C(=O)NC3(C(F)(F)F)CC3)c2)cc1O.C[C@H](CO)c1cc(F)c(CC(=O)Cc2ccnc(C(=O)NC3(C(F)(F)F)CC3)c2)cc1O. The Kier molecular flexibility index (Phi) is 14.8. The maximum atomic E-state index is 14.4. The molecule has 0 saturated heterocycles. The van der Waals surface area contributed by atoms with Crippen LogP contribution in [0.5, 0.6) is 11.5 Å². The number of alkyl halides is 6. The second-order valence-corrected chi connectivity index (χ2v) is 16.1. The lowest BCUT2D eigenvalue weighted by Crippen LogP contribution is -2.48. The second kappa shape index (κ2) is 19.4. The number of phenolic OH excluding ortho intramolecular Hbond substituents is 2. The third kappa shape index (κ3) is 11.8. The number of phenols is 2. The first-order valence-electron chi connectivity index (χ1n) is 19.9. The van der Waals surface area contributed by atoms with Gasteiger partial charge in [-0.25, -0.2) is 8.78 Å². The van der Waals surface area contributed by atoms with E-state index in [1.807, 2.05) is 10.6 Å². The number of carbonyl (C=O) groups is 4. The summed E-state index contributed by atoms with van der Waals surface area (Å²) in [7, 11) is 0. The minimum atomic E-state index is -4.56. The van der Waals surface area contributed by atoms with E-state index in [0.29, 0.717) is 11.1 Å². The molecule has 6 rings (SSSR count). The number of rotatable bonds is 16. The average molecular weight is 909 g/mol. The maximum absolute atomic E-state index is 14.4. The number of aromatic nitrogens is 2. The summed E-state index contributed by atoms with van der Waals surface area (Å²) in [6.45, 7) is 2.65. The van der Waals surface area contributed by atoms with Gasteiger partial charge in [0.15, 0.2) is 0 Å². The van der Waals surface area contributed by atoms with Crippen molar-refractivity contribution >= 4 is 23.4 Å². The molecule has 2 atom stereocenters. The van der Waals surface area contributed by atoms with Crippen molar-refractivity contribution in [3.05, 3.63) is 117 Å². The van der Waals surface area contributed by atoms with Gasteiger partial charge >= 0.3 is 12.4 Å².